The third-order valence-electron chi connectivity index (χ3n) is 3.02. The second kappa shape index (κ2) is 6.29. The number of rotatable bonds is 4. The van der Waals surface area contributed by atoms with Gasteiger partial charge in [-0.2, -0.15) is 0 Å². The van der Waals surface area contributed by atoms with Gasteiger partial charge in [0.2, 0.25) is 0 Å². The lowest BCUT2D eigenvalue weighted by Crippen LogP contribution is -2.29. The van der Waals surface area contributed by atoms with Gasteiger partial charge in [0.1, 0.15) is 0 Å². The average molecular weight is 270 g/mol. The number of amides is 1. The van der Waals surface area contributed by atoms with E-state index in [-0.39, 0.29) is 12.0 Å². The first-order valence-corrected chi connectivity index (χ1v) is 6.82. The minimum atomic E-state index is -0.250. The Labute approximate surface area is 110 Å². The Balaban J connectivity index is 1.92. The molecule has 100 valence electrons. The molecule has 18 heavy (non-hydrogen) atoms. The molecule has 1 saturated heterocycles. The van der Waals surface area contributed by atoms with Crippen LogP contribution in [0.15, 0.2) is 6.07 Å². The lowest BCUT2D eigenvalue weighted by Gasteiger charge is -2.22. The van der Waals surface area contributed by atoms with E-state index in [1.165, 1.54) is 11.3 Å². The van der Waals surface area contributed by atoms with Gasteiger partial charge in [0, 0.05) is 18.1 Å². The molecule has 2 heterocycles. The number of nitrogens with one attached hydrogen (secondary N) is 1. The molecule has 0 aromatic carbocycles. The monoisotopic (exact) mass is 270 g/mol. The maximum absolute atomic E-state index is 11.4. The van der Waals surface area contributed by atoms with Crippen LogP contribution in [0.2, 0.25) is 0 Å². The fourth-order valence-corrected chi connectivity index (χ4v) is 2.83. The van der Waals surface area contributed by atoms with E-state index < -0.39 is 0 Å². The highest BCUT2D eigenvalue weighted by Gasteiger charge is 2.16. The lowest BCUT2D eigenvalue weighted by molar-refractivity contribution is -0.0390. The molecule has 1 aromatic heterocycles. The van der Waals surface area contributed by atoms with Gasteiger partial charge in [-0.15, -0.1) is 11.3 Å². The van der Waals surface area contributed by atoms with Crippen LogP contribution in [0.4, 0.5) is 0 Å². The molecule has 1 aromatic rings. The van der Waals surface area contributed by atoms with Crippen LogP contribution in [0.1, 0.15) is 33.0 Å². The number of carbonyl (C=O) groups is 1. The molecule has 1 fully saturated rings. The molecule has 2 rings (SSSR count). The van der Waals surface area contributed by atoms with Crippen LogP contribution in [0.25, 0.3) is 0 Å². The van der Waals surface area contributed by atoms with Crippen molar-refractivity contribution in [1.82, 2.24) is 5.43 Å². The van der Waals surface area contributed by atoms with E-state index in [1.807, 2.05) is 13.0 Å². The number of hydrogen-bond donors (Lipinski definition) is 2. The molecule has 0 radical (unpaired) electrons. The normalized spacial score (nSPS) is 16.8. The summed E-state index contributed by atoms with van der Waals surface area (Å²) >= 11 is 1.44. The van der Waals surface area contributed by atoms with E-state index in [9.17, 15) is 4.79 Å². The van der Waals surface area contributed by atoms with Crippen molar-refractivity contribution in [2.24, 2.45) is 5.84 Å². The van der Waals surface area contributed by atoms with Crippen molar-refractivity contribution in [3.63, 3.8) is 0 Å². The SMILES string of the molecule is Cc1sc(C(=O)NN)cc1COC1CCOCC1. The molecule has 0 unspecified atom stereocenters. The minimum absolute atomic E-state index is 0.250. The number of thiophene rings is 1. The molecule has 0 atom stereocenters. The third kappa shape index (κ3) is 3.29. The number of nitrogens with two attached hydrogens (primary N) is 1. The zero-order valence-corrected chi connectivity index (χ0v) is 11.2. The summed E-state index contributed by atoms with van der Waals surface area (Å²) in [6.45, 7) is 4.08. The van der Waals surface area contributed by atoms with Crippen molar-refractivity contribution in [2.45, 2.75) is 32.5 Å². The Morgan fingerprint density at radius 2 is 2.33 bits per heavy atom. The number of ether oxygens (including phenoxy) is 2. The molecule has 0 spiro atoms. The Kier molecular flexibility index (Phi) is 4.71. The van der Waals surface area contributed by atoms with Gasteiger partial charge in [0.25, 0.3) is 5.91 Å². The van der Waals surface area contributed by atoms with Crippen LogP contribution >= 0.6 is 11.3 Å². The molecule has 1 aliphatic heterocycles. The third-order valence-corrected chi connectivity index (χ3v) is 4.11. The van der Waals surface area contributed by atoms with Crippen LogP contribution in [0, 0.1) is 6.92 Å². The second-order valence-corrected chi connectivity index (χ2v) is 5.54. The summed E-state index contributed by atoms with van der Waals surface area (Å²) in [5, 5.41) is 0. The van der Waals surface area contributed by atoms with Crippen LogP contribution in [-0.4, -0.2) is 25.2 Å². The average Bonchev–Trinajstić information content (AvgIpc) is 2.78. The Morgan fingerprint density at radius 3 is 3.00 bits per heavy atom. The van der Waals surface area contributed by atoms with Crippen molar-refractivity contribution in [3.8, 4) is 0 Å². The van der Waals surface area contributed by atoms with Crippen molar-refractivity contribution in [1.29, 1.82) is 0 Å². The van der Waals surface area contributed by atoms with Crippen molar-refractivity contribution in [2.75, 3.05) is 13.2 Å². The summed E-state index contributed by atoms with van der Waals surface area (Å²) in [5.74, 6) is 4.87. The van der Waals surface area contributed by atoms with Gasteiger partial charge < -0.3 is 9.47 Å². The first-order valence-electron chi connectivity index (χ1n) is 6.00. The van der Waals surface area contributed by atoms with E-state index in [4.69, 9.17) is 15.3 Å². The first-order chi connectivity index (χ1) is 8.70. The highest BCUT2D eigenvalue weighted by Crippen LogP contribution is 2.23. The highest BCUT2D eigenvalue weighted by atomic mass is 32.1. The topological polar surface area (TPSA) is 73.6 Å². The van der Waals surface area contributed by atoms with Gasteiger partial charge in [-0.3, -0.25) is 10.2 Å². The standard InChI is InChI=1S/C12H18N2O3S/c1-8-9(6-11(18-8)12(15)14-13)7-17-10-2-4-16-5-3-10/h6,10H,2-5,7,13H2,1H3,(H,14,15). The number of carbonyl (C=O) groups excluding carboxylic acids is 1. The fraction of sp³-hybridized carbons (Fsp3) is 0.583. The van der Waals surface area contributed by atoms with Crippen LogP contribution in [0.3, 0.4) is 0 Å². The number of hydrazine groups is 1. The molecule has 0 aliphatic carbocycles. The number of aryl methyl sites for hydroxylation is 1. The van der Waals surface area contributed by atoms with E-state index >= 15 is 0 Å². The number of nitrogen functional groups attached to an aromatic ring is 1. The molecule has 3 N–H and O–H groups in total. The summed E-state index contributed by atoms with van der Waals surface area (Å²) in [6.07, 6.45) is 2.16. The van der Waals surface area contributed by atoms with Crippen LogP contribution < -0.4 is 11.3 Å². The molecule has 0 bridgehead atoms. The van der Waals surface area contributed by atoms with Gasteiger partial charge in [-0.1, -0.05) is 0 Å². The fourth-order valence-electron chi connectivity index (χ4n) is 1.90. The van der Waals surface area contributed by atoms with Gasteiger partial charge >= 0.3 is 0 Å². The largest absolute Gasteiger partial charge is 0.381 e. The maximum atomic E-state index is 11.4. The molecule has 1 amide bonds. The Hall–Kier alpha value is -0.950. The van der Waals surface area contributed by atoms with Crippen molar-refractivity contribution in [3.05, 3.63) is 21.4 Å². The first kappa shape index (κ1) is 13.5. The summed E-state index contributed by atoms with van der Waals surface area (Å²) < 4.78 is 11.1. The summed E-state index contributed by atoms with van der Waals surface area (Å²) in [7, 11) is 0. The predicted octanol–water partition coefficient (Wildman–Crippen LogP) is 1.36. The summed E-state index contributed by atoms with van der Waals surface area (Å²) in [4.78, 5) is 13.1. The maximum Gasteiger partial charge on any atom is 0.275 e. The predicted molar refractivity (Wildman–Crippen MR) is 69.3 cm³/mol. The van der Waals surface area contributed by atoms with E-state index in [0.717, 1.165) is 36.5 Å². The van der Waals surface area contributed by atoms with Gasteiger partial charge in [-0.05, 0) is 31.4 Å². The van der Waals surface area contributed by atoms with Gasteiger partial charge in [0.15, 0.2) is 0 Å². The molecular weight excluding hydrogens is 252 g/mol. The van der Waals surface area contributed by atoms with E-state index in [0.29, 0.717) is 11.5 Å². The Morgan fingerprint density at radius 1 is 1.61 bits per heavy atom. The zero-order chi connectivity index (χ0) is 13.0. The van der Waals surface area contributed by atoms with Crippen LogP contribution in [-0.2, 0) is 16.1 Å². The molecule has 5 nitrogen and oxygen atoms in total. The summed E-state index contributed by atoms with van der Waals surface area (Å²) in [6, 6.07) is 1.85. The van der Waals surface area contributed by atoms with Crippen LogP contribution in [0.5, 0.6) is 0 Å². The molecule has 1 aliphatic rings. The number of hydrogen-bond acceptors (Lipinski definition) is 5. The highest BCUT2D eigenvalue weighted by molar-refractivity contribution is 7.14. The zero-order valence-electron chi connectivity index (χ0n) is 10.4. The quantitative estimate of drug-likeness (QED) is 0.492. The summed E-state index contributed by atoms with van der Waals surface area (Å²) in [5.41, 5.74) is 3.20. The Bertz CT molecular complexity index is 413. The smallest absolute Gasteiger partial charge is 0.275 e. The molecule has 0 saturated carbocycles. The lowest BCUT2D eigenvalue weighted by atomic mass is 10.1. The van der Waals surface area contributed by atoms with Crippen molar-refractivity contribution >= 4 is 17.2 Å². The van der Waals surface area contributed by atoms with Gasteiger partial charge in [-0.25, -0.2) is 5.84 Å². The minimum Gasteiger partial charge on any atom is -0.381 e. The van der Waals surface area contributed by atoms with E-state index in [2.05, 4.69) is 5.43 Å². The van der Waals surface area contributed by atoms with Gasteiger partial charge in [0.05, 0.1) is 17.6 Å². The van der Waals surface area contributed by atoms with Crippen molar-refractivity contribution < 1.29 is 14.3 Å². The van der Waals surface area contributed by atoms with E-state index in [1.54, 1.807) is 0 Å². The molecule has 6 heteroatoms. The molecular formula is C12H18N2O3S. The second-order valence-electron chi connectivity index (χ2n) is 4.29.